The van der Waals surface area contributed by atoms with Crippen molar-refractivity contribution in [3.63, 3.8) is 0 Å². The van der Waals surface area contributed by atoms with Crippen LogP contribution in [-0.2, 0) is 0 Å². The Balaban J connectivity index is 3.23. The highest BCUT2D eigenvalue weighted by molar-refractivity contribution is 5.48. The Kier molecular flexibility index (Phi) is 3.56. The largest absolute Gasteiger partial charge is 0.502 e. The van der Waals surface area contributed by atoms with Crippen LogP contribution in [0.5, 0.6) is 5.75 Å². The lowest BCUT2D eigenvalue weighted by Crippen LogP contribution is -2.28. The van der Waals surface area contributed by atoms with E-state index in [4.69, 9.17) is 10.8 Å². The fourth-order valence-corrected chi connectivity index (χ4v) is 1.36. The van der Waals surface area contributed by atoms with Crippen molar-refractivity contribution >= 4 is 5.69 Å². The fraction of sp³-hybridized carbons (Fsp3) is 0.333. The highest BCUT2D eigenvalue weighted by atomic mass is 19.4. The SMILES string of the molecule is NCC(c1ccc(O)c([N+](=O)[O-])c1)C(F)(F)F. The van der Waals surface area contributed by atoms with Gasteiger partial charge in [0.05, 0.1) is 10.8 Å². The summed E-state index contributed by atoms with van der Waals surface area (Å²) >= 11 is 0. The van der Waals surface area contributed by atoms with Gasteiger partial charge in [-0.1, -0.05) is 6.07 Å². The van der Waals surface area contributed by atoms with E-state index in [-0.39, 0.29) is 5.56 Å². The second-order valence-corrected chi connectivity index (χ2v) is 3.34. The van der Waals surface area contributed by atoms with E-state index in [0.717, 1.165) is 12.1 Å². The number of phenols is 1. The van der Waals surface area contributed by atoms with Crippen LogP contribution in [0.4, 0.5) is 18.9 Å². The van der Waals surface area contributed by atoms with Crippen LogP contribution in [0.25, 0.3) is 0 Å². The summed E-state index contributed by atoms with van der Waals surface area (Å²) in [4.78, 5) is 9.51. The van der Waals surface area contributed by atoms with Crippen molar-refractivity contribution in [1.29, 1.82) is 0 Å². The number of nitrogens with zero attached hydrogens (tertiary/aromatic N) is 1. The molecule has 0 fully saturated rings. The summed E-state index contributed by atoms with van der Waals surface area (Å²) in [5.41, 5.74) is 3.89. The summed E-state index contributed by atoms with van der Waals surface area (Å²) in [6, 6.07) is 2.50. The number of nitrogens with two attached hydrogens (primary N) is 1. The van der Waals surface area contributed by atoms with E-state index in [1.807, 2.05) is 0 Å². The summed E-state index contributed by atoms with van der Waals surface area (Å²) in [6.07, 6.45) is -4.58. The molecule has 1 atom stereocenters. The first kappa shape index (κ1) is 13.2. The van der Waals surface area contributed by atoms with Crippen molar-refractivity contribution in [2.45, 2.75) is 12.1 Å². The number of hydrogen-bond acceptors (Lipinski definition) is 4. The van der Waals surface area contributed by atoms with Crippen LogP contribution in [0.3, 0.4) is 0 Å². The first-order chi connectivity index (χ1) is 7.77. The highest BCUT2D eigenvalue weighted by Crippen LogP contribution is 2.37. The Morgan fingerprint density at radius 3 is 2.47 bits per heavy atom. The molecule has 8 heteroatoms. The number of aromatic hydroxyl groups is 1. The van der Waals surface area contributed by atoms with E-state index in [9.17, 15) is 23.3 Å². The minimum atomic E-state index is -4.58. The number of nitro benzene ring substituents is 1. The summed E-state index contributed by atoms with van der Waals surface area (Å²) in [6.45, 7) is -0.717. The maximum Gasteiger partial charge on any atom is 0.396 e. The van der Waals surface area contributed by atoms with Gasteiger partial charge in [0.25, 0.3) is 0 Å². The fourth-order valence-electron chi connectivity index (χ4n) is 1.36. The van der Waals surface area contributed by atoms with Crippen LogP contribution in [0.2, 0.25) is 0 Å². The molecular formula is C9H9F3N2O3. The van der Waals surface area contributed by atoms with Gasteiger partial charge in [-0.05, 0) is 11.6 Å². The third-order valence-electron chi connectivity index (χ3n) is 2.23. The van der Waals surface area contributed by atoms with Crippen LogP contribution < -0.4 is 5.73 Å². The molecule has 0 aliphatic rings. The quantitative estimate of drug-likeness (QED) is 0.633. The number of benzene rings is 1. The molecule has 0 saturated carbocycles. The van der Waals surface area contributed by atoms with Crippen molar-refractivity contribution in [3.05, 3.63) is 33.9 Å². The van der Waals surface area contributed by atoms with Crippen molar-refractivity contribution in [1.82, 2.24) is 0 Å². The molecule has 1 rings (SSSR count). The van der Waals surface area contributed by atoms with Crippen molar-refractivity contribution < 1.29 is 23.2 Å². The lowest BCUT2D eigenvalue weighted by molar-refractivity contribution is -0.386. The van der Waals surface area contributed by atoms with E-state index in [2.05, 4.69) is 0 Å². The molecule has 0 saturated heterocycles. The van der Waals surface area contributed by atoms with Crippen LogP contribution in [0.15, 0.2) is 18.2 Å². The third-order valence-corrected chi connectivity index (χ3v) is 2.23. The molecule has 0 aliphatic heterocycles. The average molecular weight is 250 g/mol. The molecule has 0 aliphatic carbocycles. The average Bonchev–Trinajstić information content (AvgIpc) is 2.19. The minimum absolute atomic E-state index is 0.343. The molecule has 1 aromatic rings. The smallest absolute Gasteiger partial charge is 0.396 e. The predicted molar refractivity (Wildman–Crippen MR) is 52.6 cm³/mol. The Morgan fingerprint density at radius 2 is 2.06 bits per heavy atom. The Bertz CT molecular complexity index is 434. The van der Waals surface area contributed by atoms with Gasteiger partial charge in [0.2, 0.25) is 0 Å². The maximum absolute atomic E-state index is 12.5. The molecule has 94 valence electrons. The van der Waals surface area contributed by atoms with Gasteiger partial charge in [0.1, 0.15) is 0 Å². The molecule has 17 heavy (non-hydrogen) atoms. The van der Waals surface area contributed by atoms with Gasteiger partial charge in [-0.15, -0.1) is 0 Å². The van der Waals surface area contributed by atoms with Crippen LogP contribution in [-0.4, -0.2) is 22.8 Å². The Hall–Kier alpha value is -1.83. The van der Waals surface area contributed by atoms with Gasteiger partial charge in [0.15, 0.2) is 5.75 Å². The molecule has 0 amide bonds. The molecule has 3 N–H and O–H groups in total. The van der Waals surface area contributed by atoms with Crippen LogP contribution >= 0.6 is 0 Å². The number of halogens is 3. The zero-order chi connectivity index (χ0) is 13.2. The number of phenolic OH excluding ortho intramolecular Hbond substituents is 1. The molecule has 1 unspecified atom stereocenters. The zero-order valence-electron chi connectivity index (χ0n) is 8.44. The van der Waals surface area contributed by atoms with Crippen LogP contribution in [0.1, 0.15) is 11.5 Å². The topological polar surface area (TPSA) is 89.4 Å². The van der Waals surface area contributed by atoms with E-state index < -0.39 is 35.0 Å². The first-order valence-corrected chi connectivity index (χ1v) is 4.51. The number of hydrogen-bond donors (Lipinski definition) is 2. The van der Waals surface area contributed by atoms with E-state index in [1.54, 1.807) is 0 Å². The normalized spacial score (nSPS) is 13.4. The third kappa shape index (κ3) is 2.84. The Morgan fingerprint density at radius 1 is 1.47 bits per heavy atom. The van der Waals surface area contributed by atoms with E-state index in [1.165, 1.54) is 0 Å². The monoisotopic (exact) mass is 250 g/mol. The molecular weight excluding hydrogens is 241 g/mol. The van der Waals surface area contributed by atoms with Crippen molar-refractivity contribution in [3.8, 4) is 5.75 Å². The second kappa shape index (κ2) is 4.58. The summed E-state index contributed by atoms with van der Waals surface area (Å²) in [5, 5.41) is 19.6. The molecule has 0 bridgehead atoms. The van der Waals surface area contributed by atoms with Gasteiger partial charge in [-0.25, -0.2) is 0 Å². The molecule has 0 spiro atoms. The second-order valence-electron chi connectivity index (χ2n) is 3.34. The first-order valence-electron chi connectivity index (χ1n) is 4.51. The zero-order valence-corrected chi connectivity index (χ0v) is 8.44. The Labute approximate surface area is 93.8 Å². The standard InChI is InChI=1S/C9H9F3N2O3/c10-9(11,12)6(4-13)5-1-2-8(15)7(3-5)14(16)17/h1-3,6,15H,4,13H2. The summed E-state index contributed by atoms with van der Waals surface area (Å²) in [7, 11) is 0. The van der Waals surface area contributed by atoms with Gasteiger partial charge in [-0.2, -0.15) is 13.2 Å². The summed E-state index contributed by atoms with van der Waals surface area (Å²) in [5.74, 6) is -2.67. The predicted octanol–water partition coefficient (Wildman–Crippen LogP) is 1.90. The van der Waals surface area contributed by atoms with Crippen LogP contribution in [0, 0.1) is 10.1 Å². The highest BCUT2D eigenvalue weighted by Gasteiger charge is 2.40. The lowest BCUT2D eigenvalue weighted by Gasteiger charge is -2.18. The minimum Gasteiger partial charge on any atom is -0.502 e. The van der Waals surface area contributed by atoms with E-state index in [0.29, 0.717) is 6.07 Å². The molecule has 5 nitrogen and oxygen atoms in total. The number of nitro groups is 1. The van der Waals surface area contributed by atoms with Crippen molar-refractivity contribution in [2.24, 2.45) is 5.73 Å². The molecule has 1 aromatic carbocycles. The number of alkyl halides is 3. The maximum atomic E-state index is 12.5. The van der Waals surface area contributed by atoms with Gasteiger partial charge >= 0.3 is 11.9 Å². The molecule has 0 heterocycles. The van der Waals surface area contributed by atoms with Gasteiger partial charge in [0, 0.05) is 12.6 Å². The number of rotatable bonds is 3. The molecule has 0 aromatic heterocycles. The van der Waals surface area contributed by atoms with Gasteiger partial charge in [-0.3, -0.25) is 10.1 Å². The van der Waals surface area contributed by atoms with E-state index >= 15 is 0 Å². The molecule has 0 radical (unpaired) electrons. The lowest BCUT2D eigenvalue weighted by atomic mass is 9.98. The van der Waals surface area contributed by atoms with Crippen molar-refractivity contribution in [2.75, 3.05) is 6.54 Å². The summed E-state index contributed by atoms with van der Waals surface area (Å²) < 4.78 is 37.6. The van der Waals surface area contributed by atoms with Gasteiger partial charge < -0.3 is 10.8 Å².